The standard InChI is InChI=1S/2C13H9ClN2O4S/c2*1-7-9-6-8(14)2-3-10(9)20-13(7)21(18,19)12-5-4-11(17)15-16-12/h2*2-6H,1H3,(H,15,17). The number of aromatic amines is 2. The fourth-order valence-corrected chi connectivity index (χ4v) is 6.98. The van der Waals surface area contributed by atoms with E-state index in [0.717, 1.165) is 24.3 Å². The lowest BCUT2D eigenvalue weighted by molar-refractivity contribution is 0.475. The average Bonchev–Trinajstić information content (AvgIpc) is 3.46. The minimum atomic E-state index is -3.95. The van der Waals surface area contributed by atoms with Gasteiger partial charge in [-0.2, -0.15) is 10.2 Å². The van der Waals surface area contributed by atoms with Crippen LogP contribution in [0.3, 0.4) is 0 Å². The topological polar surface area (TPSA) is 186 Å². The number of halogens is 2. The van der Waals surface area contributed by atoms with E-state index in [9.17, 15) is 26.4 Å². The minimum Gasteiger partial charge on any atom is -0.444 e. The first-order valence-corrected chi connectivity index (χ1v) is 15.5. The Labute approximate surface area is 246 Å². The van der Waals surface area contributed by atoms with E-state index < -0.39 is 30.8 Å². The molecular formula is C26H18Cl2N4O8S2. The van der Waals surface area contributed by atoms with E-state index in [1.807, 2.05) is 0 Å². The van der Waals surface area contributed by atoms with Crippen molar-refractivity contribution in [1.29, 1.82) is 0 Å². The fourth-order valence-electron chi connectivity index (χ4n) is 4.01. The number of nitrogens with zero attached hydrogens (tertiary/aromatic N) is 2. The number of aromatic nitrogens is 4. The molecule has 2 aromatic carbocycles. The molecule has 4 aromatic heterocycles. The van der Waals surface area contributed by atoms with Gasteiger partial charge in [-0.15, -0.1) is 0 Å². The van der Waals surface area contributed by atoms with Gasteiger partial charge in [0.2, 0.25) is 10.2 Å². The van der Waals surface area contributed by atoms with E-state index >= 15 is 0 Å². The monoisotopic (exact) mass is 648 g/mol. The van der Waals surface area contributed by atoms with Crippen LogP contribution < -0.4 is 11.1 Å². The van der Waals surface area contributed by atoms with Crippen LogP contribution in [0.2, 0.25) is 10.0 Å². The van der Waals surface area contributed by atoms with Crippen molar-refractivity contribution < 1.29 is 25.7 Å². The van der Waals surface area contributed by atoms with E-state index in [1.165, 1.54) is 0 Å². The molecule has 16 heteroatoms. The number of fused-ring (bicyclic) bond motifs is 2. The first-order chi connectivity index (χ1) is 19.8. The maximum atomic E-state index is 12.5. The Kier molecular flexibility index (Phi) is 7.57. The summed E-state index contributed by atoms with van der Waals surface area (Å²) in [7, 11) is -7.90. The SMILES string of the molecule is Cc1c(S(=O)(=O)c2ccc(=O)[nH]n2)oc2ccc(Cl)cc12.Cc1c(S(=O)(=O)c2ccc(=O)[nH]n2)oc2ccc(Cl)cc12. The molecule has 0 aliphatic carbocycles. The maximum absolute atomic E-state index is 12.5. The van der Waals surface area contributed by atoms with Crippen molar-refractivity contribution in [2.45, 2.75) is 34.1 Å². The van der Waals surface area contributed by atoms with Crippen molar-refractivity contribution in [1.82, 2.24) is 20.4 Å². The zero-order valence-electron chi connectivity index (χ0n) is 21.5. The highest BCUT2D eigenvalue weighted by Crippen LogP contribution is 2.34. The summed E-state index contributed by atoms with van der Waals surface area (Å²) >= 11 is 11.8. The van der Waals surface area contributed by atoms with Gasteiger partial charge in [-0.25, -0.2) is 27.0 Å². The Morgan fingerprint density at radius 2 is 1.00 bits per heavy atom. The first kappa shape index (κ1) is 29.3. The summed E-state index contributed by atoms with van der Waals surface area (Å²) in [4.78, 5) is 22.0. The van der Waals surface area contributed by atoms with E-state index in [1.54, 1.807) is 50.2 Å². The van der Waals surface area contributed by atoms with Crippen LogP contribution in [0.25, 0.3) is 21.9 Å². The smallest absolute Gasteiger partial charge is 0.264 e. The number of furan rings is 2. The molecule has 216 valence electrons. The summed E-state index contributed by atoms with van der Waals surface area (Å²) in [6.07, 6.45) is 0. The third-order valence-electron chi connectivity index (χ3n) is 6.05. The molecule has 4 heterocycles. The number of benzene rings is 2. The number of nitrogens with one attached hydrogen (secondary N) is 2. The second-order valence-corrected chi connectivity index (χ2v) is 13.3. The summed E-state index contributed by atoms with van der Waals surface area (Å²) in [5, 5.41) is 12.5. The van der Waals surface area contributed by atoms with E-state index in [0.29, 0.717) is 43.1 Å². The molecule has 0 saturated carbocycles. The molecular weight excluding hydrogens is 631 g/mol. The van der Waals surface area contributed by atoms with Gasteiger partial charge in [0.05, 0.1) is 0 Å². The highest BCUT2D eigenvalue weighted by Gasteiger charge is 2.29. The summed E-state index contributed by atoms with van der Waals surface area (Å²) in [6.45, 7) is 3.25. The van der Waals surface area contributed by atoms with Crippen molar-refractivity contribution in [3.8, 4) is 0 Å². The zero-order chi connectivity index (χ0) is 30.4. The van der Waals surface area contributed by atoms with Gasteiger partial charge in [0, 0.05) is 44.1 Å². The van der Waals surface area contributed by atoms with Crippen molar-refractivity contribution in [2.75, 3.05) is 0 Å². The third-order valence-corrected chi connectivity index (χ3v) is 9.84. The van der Waals surface area contributed by atoms with Crippen LogP contribution >= 0.6 is 23.2 Å². The first-order valence-electron chi connectivity index (χ1n) is 11.8. The Balaban J connectivity index is 0.000000168. The van der Waals surface area contributed by atoms with Gasteiger partial charge < -0.3 is 8.83 Å². The number of hydrogen-bond acceptors (Lipinski definition) is 10. The second-order valence-electron chi connectivity index (χ2n) is 8.84. The van der Waals surface area contributed by atoms with Crippen molar-refractivity contribution in [3.05, 3.63) is 103 Å². The summed E-state index contributed by atoms with van der Waals surface area (Å²) in [6, 6.07) is 14.1. The molecule has 0 spiro atoms. The molecule has 0 saturated heterocycles. The number of hydrogen-bond donors (Lipinski definition) is 2. The van der Waals surface area contributed by atoms with Crippen LogP contribution in [0, 0.1) is 13.8 Å². The molecule has 42 heavy (non-hydrogen) atoms. The molecule has 6 rings (SSSR count). The van der Waals surface area contributed by atoms with E-state index in [4.69, 9.17) is 32.0 Å². The molecule has 0 atom stereocenters. The quantitative estimate of drug-likeness (QED) is 0.273. The number of aryl methyl sites for hydroxylation is 2. The van der Waals surface area contributed by atoms with Gasteiger partial charge in [-0.3, -0.25) is 9.59 Å². The normalized spacial score (nSPS) is 11.9. The lowest BCUT2D eigenvalue weighted by atomic mass is 10.2. The van der Waals surface area contributed by atoms with E-state index in [2.05, 4.69) is 20.4 Å². The van der Waals surface area contributed by atoms with Crippen LogP contribution in [0.4, 0.5) is 0 Å². The van der Waals surface area contributed by atoms with Crippen LogP contribution in [-0.4, -0.2) is 37.2 Å². The molecule has 0 amide bonds. The summed E-state index contributed by atoms with van der Waals surface area (Å²) in [5.41, 5.74) is 0.755. The Morgan fingerprint density at radius 1 is 0.619 bits per heavy atom. The van der Waals surface area contributed by atoms with Crippen LogP contribution in [0.15, 0.2) is 99.3 Å². The number of sulfone groups is 2. The van der Waals surface area contributed by atoms with Crippen molar-refractivity contribution in [2.24, 2.45) is 0 Å². The molecule has 0 unspecified atom stereocenters. The predicted octanol–water partition coefficient (Wildman–Crippen LogP) is 4.62. The maximum Gasteiger partial charge on any atom is 0.264 e. The lowest BCUT2D eigenvalue weighted by Gasteiger charge is -2.00. The van der Waals surface area contributed by atoms with Gasteiger partial charge in [-0.05, 0) is 62.4 Å². The van der Waals surface area contributed by atoms with Gasteiger partial charge in [0.25, 0.3) is 30.8 Å². The molecule has 2 N–H and O–H groups in total. The lowest BCUT2D eigenvalue weighted by Crippen LogP contribution is -2.12. The Hall–Kier alpha value is -4.24. The van der Waals surface area contributed by atoms with Gasteiger partial charge in [0.1, 0.15) is 11.2 Å². The summed E-state index contributed by atoms with van der Waals surface area (Å²) in [5.74, 6) is 0. The number of H-pyrrole nitrogens is 2. The van der Waals surface area contributed by atoms with E-state index in [-0.39, 0.29) is 20.2 Å². The molecule has 6 aromatic rings. The highest BCUT2D eigenvalue weighted by atomic mass is 35.5. The average molecular weight is 649 g/mol. The van der Waals surface area contributed by atoms with Gasteiger partial charge in [0.15, 0.2) is 10.1 Å². The Bertz CT molecular complexity index is 2130. The van der Waals surface area contributed by atoms with Crippen LogP contribution in [-0.2, 0) is 19.7 Å². The third kappa shape index (κ3) is 5.36. The van der Waals surface area contributed by atoms with Crippen molar-refractivity contribution >= 4 is 64.8 Å². The van der Waals surface area contributed by atoms with Crippen LogP contribution in [0.5, 0.6) is 0 Å². The van der Waals surface area contributed by atoms with Crippen LogP contribution in [0.1, 0.15) is 11.1 Å². The van der Waals surface area contributed by atoms with Gasteiger partial charge >= 0.3 is 0 Å². The summed E-state index contributed by atoms with van der Waals surface area (Å²) < 4.78 is 60.9. The largest absolute Gasteiger partial charge is 0.444 e. The molecule has 0 radical (unpaired) electrons. The molecule has 0 bridgehead atoms. The zero-order valence-corrected chi connectivity index (χ0v) is 24.7. The molecule has 12 nitrogen and oxygen atoms in total. The predicted molar refractivity (Wildman–Crippen MR) is 153 cm³/mol. The Morgan fingerprint density at radius 3 is 1.33 bits per heavy atom. The van der Waals surface area contributed by atoms with Gasteiger partial charge in [-0.1, -0.05) is 23.2 Å². The minimum absolute atomic E-state index is 0.209. The van der Waals surface area contributed by atoms with Crippen molar-refractivity contribution in [3.63, 3.8) is 0 Å². The fraction of sp³-hybridized carbons (Fsp3) is 0.0769. The second kappa shape index (κ2) is 10.9. The molecule has 0 aliphatic heterocycles. The molecule has 0 aliphatic rings. The highest BCUT2D eigenvalue weighted by molar-refractivity contribution is 7.91. The number of rotatable bonds is 4. The molecule has 0 fully saturated rings.